The van der Waals surface area contributed by atoms with Crippen LogP contribution in [0, 0.1) is 18.7 Å². The van der Waals surface area contributed by atoms with Gasteiger partial charge < -0.3 is 20.1 Å². The van der Waals surface area contributed by atoms with Crippen LogP contribution in [0.4, 0.5) is 21.0 Å². The SMILES string of the molecule is Cc1c(F)cccc1C(=O)N(CC1CCN(C(=O)OC(C)(C)C)CC1)c1ccnc(NC2CCC(O)CC2)n1. The fourth-order valence-corrected chi connectivity index (χ4v) is 5.12. The molecule has 4 rings (SSSR count). The highest BCUT2D eigenvalue weighted by atomic mass is 19.1. The molecular formula is C29H40FN5O4. The summed E-state index contributed by atoms with van der Waals surface area (Å²) in [5.41, 5.74) is 0.0203. The molecule has 9 nitrogen and oxygen atoms in total. The Kier molecular flexibility index (Phi) is 9.04. The Labute approximate surface area is 229 Å². The van der Waals surface area contributed by atoms with Gasteiger partial charge in [-0.25, -0.2) is 14.2 Å². The second kappa shape index (κ2) is 12.3. The molecule has 0 spiro atoms. The maximum absolute atomic E-state index is 14.4. The van der Waals surface area contributed by atoms with Crippen LogP contribution in [-0.2, 0) is 4.74 Å². The molecule has 0 radical (unpaired) electrons. The van der Waals surface area contributed by atoms with E-state index >= 15 is 0 Å². The van der Waals surface area contributed by atoms with Crippen molar-refractivity contribution in [3.8, 4) is 0 Å². The minimum Gasteiger partial charge on any atom is -0.444 e. The van der Waals surface area contributed by atoms with E-state index in [1.165, 1.54) is 12.1 Å². The molecule has 39 heavy (non-hydrogen) atoms. The number of halogens is 1. The summed E-state index contributed by atoms with van der Waals surface area (Å²) in [5, 5.41) is 13.2. The third-order valence-corrected chi connectivity index (χ3v) is 7.40. The quantitative estimate of drug-likeness (QED) is 0.534. The second-order valence-electron chi connectivity index (χ2n) is 11.6. The van der Waals surface area contributed by atoms with Crippen LogP contribution in [0.25, 0.3) is 0 Å². The zero-order valence-electron chi connectivity index (χ0n) is 23.3. The van der Waals surface area contributed by atoms with Crippen molar-refractivity contribution in [2.75, 3.05) is 29.9 Å². The van der Waals surface area contributed by atoms with Gasteiger partial charge in [0.2, 0.25) is 5.95 Å². The lowest BCUT2D eigenvalue weighted by Crippen LogP contribution is -2.45. The predicted octanol–water partition coefficient (Wildman–Crippen LogP) is 4.93. The summed E-state index contributed by atoms with van der Waals surface area (Å²) in [6.45, 7) is 8.58. The summed E-state index contributed by atoms with van der Waals surface area (Å²) in [7, 11) is 0. The van der Waals surface area contributed by atoms with Crippen LogP contribution in [-0.4, -0.2) is 69.4 Å². The Morgan fingerprint density at radius 3 is 2.49 bits per heavy atom. The molecule has 10 heteroatoms. The highest BCUT2D eigenvalue weighted by Gasteiger charge is 2.31. The first kappa shape index (κ1) is 28.7. The van der Waals surface area contributed by atoms with Crippen molar-refractivity contribution in [1.29, 1.82) is 0 Å². The van der Waals surface area contributed by atoms with E-state index in [1.807, 2.05) is 20.8 Å². The number of amides is 2. The molecule has 2 aromatic rings. The number of ether oxygens (including phenoxy) is 1. The number of hydrogen-bond donors (Lipinski definition) is 2. The minimum atomic E-state index is -0.559. The standard InChI is InChI=1S/C29H40FN5O4/c1-19-23(6-5-7-24(19)30)26(37)35(18-20-13-16-34(17-14-20)28(38)39-29(2,3)4)25-12-15-31-27(33-25)32-21-8-10-22(36)11-9-21/h5-7,12,15,20-22,36H,8-11,13-14,16-18H2,1-4H3,(H,31,32,33). The van der Waals surface area contributed by atoms with Crippen molar-refractivity contribution in [2.45, 2.75) is 84.0 Å². The number of aromatic nitrogens is 2. The number of nitrogens with one attached hydrogen (secondary N) is 1. The van der Waals surface area contributed by atoms with Gasteiger partial charge in [-0.05, 0) is 95.9 Å². The van der Waals surface area contributed by atoms with E-state index in [2.05, 4.69) is 15.3 Å². The van der Waals surface area contributed by atoms with Gasteiger partial charge in [0, 0.05) is 37.4 Å². The first-order valence-electron chi connectivity index (χ1n) is 13.8. The minimum absolute atomic E-state index is 0.118. The van der Waals surface area contributed by atoms with Gasteiger partial charge >= 0.3 is 6.09 Å². The fourth-order valence-electron chi connectivity index (χ4n) is 5.12. The van der Waals surface area contributed by atoms with Gasteiger partial charge in [-0.1, -0.05) is 6.07 Å². The number of piperidine rings is 1. The molecule has 1 aromatic heterocycles. The van der Waals surface area contributed by atoms with E-state index in [1.54, 1.807) is 35.1 Å². The number of aliphatic hydroxyl groups is 1. The number of likely N-dealkylation sites (tertiary alicyclic amines) is 1. The van der Waals surface area contributed by atoms with Crippen molar-refractivity contribution in [3.05, 3.63) is 47.4 Å². The number of nitrogens with zero attached hydrogens (tertiary/aromatic N) is 4. The van der Waals surface area contributed by atoms with Crippen molar-refractivity contribution < 1.29 is 23.8 Å². The van der Waals surface area contributed by atoms with E-state index in [4.69, 9.17) is 4.74 Å². The Bertz CT molecular complexity index is 1150. The van der Waals surface area contributed by atoms with Crippen LogP contribution < -0.4 is 10.2 Å². The fraction of sp³-hybridized carbons (Fsp3) is 0.586. The highest BCUT2D eigenvalue weighted by Crippen LogP contribution is 2.27. The first-order chi connectivity index (χ1) is 18.5. The average Bonchev–Trinajstić information content (AvgIpc) is 2.89. The van der Waals surface area contributed by atoms with Crippen LogP contribution >= 0.6 is 0 Å². The molecular weight excluding hydrogens is 501 g/mol. The lowest BCUT2D eigenvalue weighted by atomic mass is 9.93. The second-order valence-corrected chi connectivity index (χ2v) is 11.6. The van der Waals surface area contributed by atoms with Crippen molar-refractivity contribution in [2.24, 2.45) is 5.92 Å². The maximum Gasteiger partial charge on any atom is 0.410 e. The van der Waals surface area contributed by atoms with Crippen LogP contribution in [0.15, 0.2) is 30.5 Å². The molecule has 1 saturated carbocycles. The van der Waals surface area contributed by atoms with Gasteiger partial charge in [-0.15, -0.1) is 0 Å². The van der Waals surface area contributed by atoms with Gasteiger partial charge in [-0.3, -0.25) is 9.69 Å². The zero-order valence-corrected chi connectivity index (χ0v) is 23.3. The van der Waals surface area contributed by atoms with E-state index in [-0.39, 0.29) is 35.6 Å². The van der Waals surface area contributed by atoms with E-state index in [0.29, 0.717) is 49.8 Å². The monoisotopic (exact) mass is 541 g/mol. The third kappa shape index (κ3) is 7.65. The molecule has 1 saturated heterocycles. The molecule has 1 aromatic carbocycles. The largest absolute Gasteiger partial charge is 0.444 e. The zero-order chi connectivity index (χ0) is 28.2. The number of carbonyl (C=O) groups is 2. The molecule has 1 aliphatic heterocycles. The maximum atomic E-state index is 14.4. The summed E-state index contributed by atoms with van der Waals surface area (Å²) < 4.78 is 19.9. The van der Waals surface area contributed by atoms with Crippen LogP contribution in [0.3, 0.4) is 0 Å². The lowest BCUT2D eigenvalue weighted by Gasteiger charge is -2.35. The molecule has 2 aliphatic rings. The summed E-state index contributed by atoms with van der Waals surface area (Å²) in [4.78, 5) is 38.7. The Morgan fingerprint density at radius 2 is 1.82 bits per heavy atom. The molecule has 0 atom stereocenters. The molecule has 1 aliphatic carbocycles. The van der Waals surface area contributed by atoms with Crippen molar-refractivity contribution in [1.82, 2.24) is 14.9 Å². The van der Waals surface area contributed by atoms with Gasteiger partial charge in [0.05, 0.1) is 6.10 Å². The topological polar surface area (TPSA) is 108 Å². The smallest absolute Gasteiger partial charge is 0.410 e. The first-order valence-corrected chi connectivity index (χ1v) is 13.8. The van der Waals surface area contributed by atoms with E-state index < -0.39 is 11.4 Å². The molecule has 2 heterocycles. The third-order valence-electron chi connectivity index (χ3n) is 7.40. The summed E-state index contributed by atoms with van der Waals surface area (Å²) in [6.07, 6.45) is 5.51. The van der Waals surface area contributed by atoms with Gasteiger partial charge in [0.1, 0.15) is 17.2 Å². The highest BCUT2D eigenvalue weighted by molar-refractivity contribution is 6.06. The lowest BCUT2D eigenvalue weighted by molar-refractivity contribution is 0.0185. The normalized spacial score (nSPS) is 20.4. The van der Waals surface area contributed by atoms with E-state index in [9.17, 15) is 19.1 Å². The molecule has 0 unspecified atom stereocenters. The van der Waals surface area contributed by atoms with Crippen molar-refractivity contribution in [3.63, 3.8) is 0 Å². The van der Waals surface area contributed by atoms with Crippen LogP contribution in [0.1, 0.15) is 75.2 Å². The summed E-state index contributed by atoms with van der Waals surface area (Å²) in [5.74, 6) is 0.213. The van der Waals surface area contributed by atoms with Gasteiger partial charge in [0.15, 0.2) is 0 Å². The predicted molar refractivity (Wildman–Crippen MR) is 147 cm³/mol. The van der Waals surface area contributed by atoms with Gasteiger partial charge in [-0.2, -0.15) is 4.98 Å². The Hall–Kier alpha value is -3.27. The van der Waals surface area contributed by atoms with Gasteiger partial charge in [0.25, 0.3) is 5.91 Å². The number of carbonyl (C=O) groups excluding carboxylic acids is 2. The number of benzene rings is 1. The molecule has 2 amide bonds. The molecule has 212 valence electrons. The molecule has 0 bridgehead atoms. The number of aliphatic hydroxyl groups excluding tert-OH is 1. The summed E-state index contributed by atoms with van der Waals surface area (Å²) in [6, 6.07) is 6.36. The molecule has 2 N–H and O–H groups in total. The molecule has 2 fully saturated rings. The Balaban J connectivity index is 1.52. The summed E-state index contributed by atoms with van der Waals surface area (Å²) >= 11 is 0. The Morgan fingerprint density at radius 1 is 1.13 bits per heavy atom. The number of anilines is 2. The number of hydrogen-bond acceptors (Lipinski definition) is 7. The van der Waals surface area contributed by atoms with Crippen LogP contribution in [0.5, 0.6) is 0 Å². The van der Waals surface area contributed by atoms with Crippen LogP contribution in [0.2, 0.25) is 0 Å². The van der Waals surface area contributed by atoms with E-state index in [0.717, 1.165) is 25.7 Å². The average molecular weight is 542 g/mol. The van der Waals surface area contributed by atoms with Crippen molar-refractivity contribution >= 4 is 23.8 Å². The number of rotatable bonds is 6.